The minimum atomic E-state index is -6.45. The van der Waals surface area contributed by atoms with Crippen LogP contribution in [0.3, 0.4) is 0 Å². The van der Waals surface area contributed by atoms with E-state index in [-0.39, 0.29) is 31.6 Å². The van der Waals surface area contributed by atoms with Crippen molar-refractivity contribution in [3.8, 4) is 0 Å². The van der Waals surface area contributed by atoms with Gasteiger partial charge in [-0.05, 0) is 25.7 Å². The van der Waals surface area contributed by atoms with Crippen LogP contribution in [-0.2, 0) is 33.3 Å². The third-order valence-electron chi connectivity index (χ3n) is 4.48. The Kier molecular flexibility index (Phi) is 10.4. The summed E-state index contributed by atoms with van der Waals surface area (Å²) in [5.74, 6) is -25.5. The minimum Gasteiger partial charge on any atom is -0.459 e. The van der Waals surface area contributed by atoms with Gasteiger partial charge in [-0.25, -0.2) is 14.4 Å². The second-order valence-corrected chi connectivity index (χ2v) is 7.07. The molecule has 0 bridgehead atoms. The van der Waals surface area contributed by atoms with Gasteiger partial charge in [0.05, 0.1) is 18.8 Å². The number of ether oxygens (including phenoxy) is 4. The normalized spacial score (nSPS) is 15.5. The van der Waals surface area contributed by atoms with Crippen molar-refractivity contribution in [3.05, 3.63) is 24.8 Å². The van der Waals surface area contributed by atoms with Gasteiger partial charge in [-0.1, -0.05) is 19.1 Å². The zero-order valence-corrected chi connectivity index (χ0v) is 17.6. The lowest BCUT2D eigenvalue weighted by Gasteiger charge is -2.31. The predicted molar refractivity (Wildman–Crippen MR) is 99.9 cm³/mol. The molecule has 33 heavy (non-hydrogen) atoms. The van der Waals surface area contributed by atoms with Gasteiger partial charge >= 0.3 is 35.7 Å². The SMILES string of the molecule is C=CCOCC(=C)C(=O)OCCOC(=O)C(F)(F)C(F)(F)C(F)(F)C(=O)OC1CCCCC1. The Morgan fingerprint density at radius 2 is 1.42 bits per heavy atom. The van der Waals surface area contributed by atoms with Gasteiger partial charge in [0.15, 0.2) is 0 Å². The monoisotopic (exact) mass is 490 g/mol. The van der Waals surface area contributed by atoms with Crippen LogP contribution >= 0.6 is 0 Å². The summed E-state index contributed by atoms with van der Waals surface area (Å²) in [6.45, 7) is 4.47. The minimum absolute atomic E-state index is 0.0893. The molecule has 0 aromatic rings. The Balaban J connectivity index is 2.63. The van der Waals surface area contributed by atoms with Crippen LogP contribution in [0, 0.1) is 0 Å². The van der Waals surface area contributed by atoms with Crippen molar-refractivity contribution in [2.75, 3.05) is 26.4 Å². The molecule has 0 atom stereocenters. The summed E-state index contributed by atoms with van der Waals surface area (Å²) in [5, 5.41) is 0. The third kappa shape index (κ3) is 7.21. The highest BCUT2D eigenvalue weighted by atomic mass is 19.3. The molecule has 0 unspecified atom stereocenters. The summed E-state index contributed by atoms with van der Waals surface area (Å²) < 4.78 is 101. The van der Waals surface area contributed by atoms with Gasteiger partial charge in [0, 0.05) is 0 Å². The summed E-state index contributed by atoms with van der Waals surface area (Å²) in [6, 6.07) is 0. The van der Waals surface area contributed by atoms with E-state index in [0.29, 0.717) is 12.8 Å². The fourth-order valence-corrected chi connectivity index (χ4v) is 2.65. The van der Waals surface area contributed by atoms with Crippen molar-refractivity contribution in [2.45, 2.75) is 56.0 Å². The first kappa shape index (κ1) is 28.5. The molecular formula is C20H24F6O7. The fourth-order valence-electron chi connectivity index (χ4n) is 2.65. The van der Waals surface area contributed by atoms with Crippen molar-refractivity contribution >= 4 is 17.9 Å². The smallest absolute Gasteiger partial charge is 0.411 e. The van der Waals surface area contributed by atoms with Crippen LogP contribution in [0.1, 0.15) is 32.1 Å². The second kappa shape index (κ2) is 12.1. The topological polar surface area (TPSA) is 88.1 Å². The first-order valence-corrected chi connectivity index (χ1v) is 9.84. The van der Waals surface area contributed by atoms with Crippen LogP contribution in [0.2, 0.25) is 0 Å². The number of hydrogen-bond donors (Lipinski definition) is 0. The van der Waals surface area contributed by atoms with Crippen molar-refractivity contribution in [1.82, 2.24) is 0 Å². The lowest BCUT2D eigenvalue weighted by molar-refractivity contribution is -0.302. The molecule has 0 radical (unpaired) electrons. The summed E-state index contributed by atoms with van der Waals surface area (Å²) in [5.41, 5.74) is -0.198. The van der Waals surface area contributed by atoms with E-state index in [9.17, 15) is 40.7 Å². The summed E-state index contributed by atoms with van der Waals surface area (Å²) in [4.78, 5) is 34.4. The first-order valence-electron chi connectivity index (χ1n) is 9.84. The van der Waals surface area contributed by atoms with E-state index in [4.69, 9.17) is 4.74 Å². The van der Waals surface area contributed by atoms with Gasteiger partial charge in [-0.3, -0.25) is 0 Å². The molecule has 0 aromatic carbocycles. The Labute approximate surface area is 185 Å². The summed E-state index contributed by atoms with van der Waals surface area (Å²) in [6.07, 6.45) is 2.21. The van der Waals surface area contributed by atoms with Crippen LogP contribution in [0.25, 0.3) is 0 Å². The number of carbonyl (C=O) groups is 3. The molecular weight excluding hydrogens is 466 g/mol. The average Bonchev–Trinajstić information content (AvgIpc) is 2.76. The number of rotatable bonds is 13. The molecule has 1 aliphatic rings. The van der Waals surface area contributed by atoms with E-state index in [1.165, 1.54) is 6.08 Å². The maximum absolute atomic E-state index is 13.9. The fraction of sp³-hybridized carbons (Fsp3) is 0.650. The molecule has 13 heteroatoms. The molecule has 0 aliphatic heterocycles. The van der Waals surface area contributed by atoms with Crippen molar-refractivity contribution < 1.29 is 59.7 Å². The Bertz CT molecular complexity index is 732. The zero-order valence-electron chi connectivity index (χ0n) is 17.6. The quantitative estimate of drug-likeness (QED) is 0.0974. The van der Waals surface area contributed by atoms with Gasteiger partial charge in [0.1, 0.15) is 19.3 Å². The highest BCUT2D eigenvalue weighted by Gasteiger charge is 2.79. The van der Waals surface area contributed by atoms with Gasteiger partial charge in [0.25, 0.3) is 0 Å². The Morgan fingerprint density at radius 1 is 0.879 bits per heavy atom. The predicted octanol–water partition coefficient (Wildman–Crippen LogP) is 3.61. The molecule has 7 nitrogen and oxygen atoms in total. The van der Waals surface area contributed by atoms with Gasteiger partial charge in [-0.2, -0.15) is 26.3 Å². The first-order chi connectivity index (χ1) is 15.3. The number of hydrogen-bond acceptors (Lipinski definition) is 7. The van der Waals surface area contributed by atoms with E-state index < -0.39 is 55.0 Å². The van der Waals surface area contributed by atoms with Crippen LogP contribution in [-0.4, -0.2) is 68.2 Å². The molecule has 188 valence electrons. The maximum Gasteiger partial charge on any atom is 0.411 e. The maximum atomic E-state index is 13.9. The summed E-state index contributed by atoms with van der Waals surface area (Å²) in [7, 11) is 0. The number of carbonyl (C=O) groups excluding carboxylic acids is 3. The lowest BCUT2D eigenvalue weighted by Crippen LogP contribution is -2.62. The van der Waals surface area contributed by atoms with E-state index >= 15 is 0 Å². The van der Waals surface area contributed by atoms with Crippen molar-refractivity contribution in [3.63, 3.8) is 0 Å². The van der Waals surface area contributed by atoms with Crippen LogP contribution < -0.4 is 0 Å². The van der Waals surface area contributed by atoms with E-state index in [2.05, 4.69) is 27.4 Å². The highest BCUT2D eigenvalue weighted by molar-refractivity contribution is 5.88. The zero-order chi connectivity index (χ0) is 25.3. The molecule has 1 saturated carbocycles. The number of alkyl halides is 6. The molecule has 1 aliphatic carbocycles. The molecule has 0 saturated heterocycles. The number of halogens is 6. The molecule has 0 aromatic heterocycles. The largest absolute Gasteiger partial charge is 0.459 e. The third-order valence-corrected chi connectivity index (χ3v) is 4.48. The molecule has 0 amide bonds. The number of esters is 3. The molecule has 1 fully saturated rings. The Hall–Kier alpha value is -2.57. The van der Waals surface area contributed by atoms with Gasteiger partial charge in [-0.15, -0.1) is 6.58 Å². The molecule has 1 rings (SSSR count). The van der Waals surface area contributed by atoms with E-state index in [1.54, 1.807) is 0 Å². The summed E-state index contributed by atoms with van der Waals surface area (Å²) >= 11 is 0. The van der Waals surface area contributed by atoms with Gasteiger partial charge < -0.3 is 18.9 Å². The molecule has 0 spiro atoms. The highest BCUT2D eigenvalue weighted by Crippen LogP contribution is 2.47. The lowest BCUT2D eigenvalue weighted by atomic mass is 9.97. The Morgan fingerprint density at radius 3 is 2.00 bits per heavy atom. The standard InChI is InChI=1S/C20H24F6O7/c1-3-9-30-12-13(2)15(27)31-10-11-32-16(28)18(21,22)20(25,26)19(23,24)17(29)33-14-7-5-4-6-8-14/h3,14H,1-2,4-12H2. The van der Waals surface area contributed by atoms with E-state index in [1.807, 2.05) is 0 Å². The molecule has 0 N–H and O–H groups in total. The van der Waals surface area contributed by atoms with Crippen molar-refractivity contribution in [2.24, 2.45) is 0 Å². The van der Waals surface area contributed by atoms with Crippen molar-refractivity contribution in [1.29, 1.82) is 0 Å². The van der Waals surface area contributed by atoms with Gasteiger partial charge in [0.2, 0.25) is 0 Å². The van der Waals surface area contributed by atoms with E-state index in [0.717, 1.165) is 6.42 Å². The van der Waals surface area contributed by atoms with Crippen LogP contribution in [0.4, 0.5) is 26.3 Å². The van der Waals surface area contributed by atoms with Crippen LogP contribution in [0.5, 0.6) is 0 Å². The molecule has 0 heterocycles. The second-order valence-electron chi connectivity index (χ2n) is 7.07. The van der Waals surface area contributed by atoms with Crippen LogP contribution in [0.15, 0.2) is 24.8 Å². The average molecular weight is 490 g/mol.